The Morgan fingerprint density at radius 2 is 1.68 bits per heavy atom. The fourth-order valence-electron chi connectivity index (χ4n) is 3.30. The molecule has 0 spiro atoms. The molecule has 2 aliphatic rings. The van der Waals surface area contributed by atoms with Gasteiger partial charge < -0.3 is 19.1 Å². The molecule has 1 fully saturated rings. The van der Waals surface area contributed by atoms with Crippen molar-refractivity contribution in [1.29, 1.82) is 0 Å². The number of nitrogens with zero attached hydrogens (tertiary/aromatic N) is 2. The van der Waals surface area contributed by atoms with E-state index >= 15 is 0 Å². The highest BCUT2D eigenvalue weighted by molar-refractivity contribution is 7.89. The van der Waals surface area contributed by atoms with Crippen LogP contribution in [-0.4, -0.2) is 65.3 Å². The first-order valence-corrected chi connectivity index (χ1v) is 10.2. The molecule has 0 bridgehead atoms. The Morgan fingerprint density at radius 3 is 2.32 bits per heavy atom. The largest absolute Gasteiger partial charge is 0.466 e. The molecule has 0 saturated carbocycles. The Bertz CT molecular complexity index is 904. The number of anilines is 1. The molecule has 0 atom stereocenters. The van der Waals surface area contributed by atoms with E-state index in [-0.39, 0.29) is 35.2 Å². The molecule has 10 heteroatoms. The molecule has 0 radical (unpaired) electrons. The monoisotopic (exact) mass is 410 g/mol. The average Bonchev–Trinajstić information content (AvgIpc) is 3.28. The summed E-state index contributed by atoms with van der Waals surface area (Å²) in [6.45, 7) is 0.632. The van der Waals surface area contributed by atoms with Gasteiger partial charge in [0, 0.05) is 13.1 Å². The van der Waals surface area contributed by atoms with Crippen LogP contribution in [0.1, 0.15) is 12.8 Å². The minimum Gasteiger partial charge on any atom is -0.466 e. The normalized spacial score (nSPS) is 18.3. The molecule has 0 aromatic heterocycles. The topological polar surface area (TPSA) is 102 Å². The zero-order valence-electron chi connectivity index (χ0n) is 15.7. The number of esters is 2. The molecule has 2 aliphatic heterocycles. The van der Waals surface area contributed by atoms with Gasteiger partial charge in [0.1, 0.15) is 17.3 Å². The summed E-state index contributed by atoms with van der Waals surface area (Å²) in [6.07, 6.45) is 1.60. The number of rotatable bonds is 5. The zero-order chi connectivity index (χ0) is 20.3. The van der Waals surface area contributed by atoms with Gasteiger partial charge in [0.05, 0.1) is 32.1 Å². The maximum atomic E-state index is 13.2. The second-order valence-corrected chi connectivity index (χ2v) is 8.20. The number of ether oxygens (including phenoxy) is 3. The number of hydrogen-bond donors (Lipinski definition) is 0. The third-order valence-corrected chi connectivity index (χ3v) is 6.62. The van der Waals surface area contributed by atoms with Gasteiger partial charge in [-0.05, 0) is 25.0 Å². The fourth-order valence-corrected chi connectivity index (χ4v) is 5.01. The number of para-hydroxylation sites is 1. The Hall–Kier alpha value is -2.43. The summed E-state index contributed by atoms with van der Waals surface area (Å²) < 4.78 is 42.7. The highest BCUT2D eigenvalue weighted by Crippen LogP contribution is 2.34. The van der Waals surface area contributed by atoms with Crippen molar-refractivity contribution in [2.45, 2.75) is 17.7 Å². The molecule has 0 unspecified atom stereocenters. The lowest BCUT2D eigenvalue weighted by molar-refractivity contribution is -0.140. The van der Waals surface area contributed by atoms with Crippen molar-refractivity contribution in [1.82, 2.24) is 4.31 Å². The number of sulfonamides is 1. The van der Waals surface area contributed by atoms with E-state index in [4.69, 9.17) is 14.2 Å². The Balaban J connectivity index is 2.15. The number of benzene rings is 1. The van der Waals surface area contributed by atoms with Gasteiger partial charge in [-0.15, -0.1) is 0 Å². The number of methoxy groups -OCH3 is 2. The van der Waals surface area contributed by atoms with Crippen LogP contribution in [0.4, 0.5) is 5.69 Å². The molecule has 1 saturated heterocycles. The Kier molecular flexibility index (Phi) is 6.01. The third kappa shape index (κ3) is 3.62. The minimum atomic E-state index is -3.77. The van der Waals surface area contributed by atoms with Crippen LogP contribution >= 0.6 is 0 Å². The van der Waals surface area contributed by atoms with Gasteiger partial charge in [0.25, 0.3) is 0 Å². The summed E-state index contributed by atoms with van der Waals surface area (Å²) in [5.41, 5.74) is 0.106. The maximum Gasteiger partial charge on any atom is 0.355 e. The van der Waals surface area contributed by atoms with Crippen molar-refractivity contribution in [3.63, 3.8) is 0 Å². The lowest BCUT2D eigenvalue weighted by atomic mass is 10.1. The number of carbonyl (C=O) groups is 2. The maximum absolute atomic E-state index is 13.2. The molecule has 0 aliphatic carbocycles. The third-order valence-electron chi connectivity index (χ3n) is 4.67. The highest BCUT2D eigenvalue weighted by Gasteiger charge is 2.36. The van der Waals surface area contributed by atoms with Gasteiger partial charge >= 0.3 is 11.9 Å². The molecule has 1 aromatic rings. The van der Waals surface area contributed by atoms with Gasteiger partial charge in [-0.2, -0.15) is 4.31 Å². The first kappa shape index (κ1) is 20.3. The van der Waals surface area contributed by atoms with Crippen LogP contribution in [0.15, 0.2) is 40.4 Å². The molecule has 3 rings (SSSR count). The van der Waals surface area contributed by atoms with E-state index in [1.807, 2.05) is 0 Å². The lowest BCUT2D eigenvalue weighted by Crippen LogP contribution is -2.40. The molecule has 0 amide bonds. The average molecular weight is 410 g/mol. The molecular formula is C18H22N2O7S. The van der Waals surface area contributed by atoms with Crippen LogP contribution in [0.25, 0.3) is 0 Å². The minimum absolute atomic E-state index is 0.0334. The van der Waals surface area contributed by atoms with Crippen LogP contribution in [-0.2, 0) is 33.8 Å². The van der Waals surface area contributed by atoms with Crippen molar-refractivity contribution in [3.05, 3.63) is 35.5 Å². The predicted octanol–water partition coefficient (Wildman–Crippen LogP) is 0.865. The molecule has 0 N–H and O–H groups in total. The smallest absolute Gasteiger partial charge is 0.355 e. The molecule has 2 heterocycles. The highest BCUT2D eigenvalue weighted by atomic mass is 32.2. The van der Waals surface area contributed by atoms with E-state index < -0.39 is 22.0 Å². The van der Waals surface area contributed by atoms with E-state index in [1.54, 1.807) is 18.2 Å². The van der Waals surface area contributed by atoms with Crippen molar-refractivity contribution in [2.75, 3.05) is 45.5 Å². The zero-order valence-corrected chi connectivity index (χ0v) is 16.5. The molecule has 28 heavy (non-hydrogen) atoms. The van der Waals surface area contributed by atoms with E-state index in [0.29, 0.717) is 13.1 Å². The lowest BCUT2D eigenvalue weighted by Gasteiger charge is -2.32. The van der Waals surface area contributed by atoms with Gasteiger partial charge in [-0.25, -0.2) is 18.0 Å². The van der Waals surface area contributed by atoms with Crippen molar-refractivity contribution < 1.29 is 32.2 Å². The molecule has 1 aromatic carbocycles. The summed E-state index contributed by atoms with van der Waals surface area (Å²) in [5.74, 6) is -1.53. The molecule has 9 nitrogen and oxygen atoms in total. The molecule has 152 valence electrons. The van der Waals surface area contributed by atoms with Crippen LogP contribution < -0.4 is 4.90 Å². The quantitative estimate of drug-likeness (QED) is 0.659. The second-order valence-electron chi connectivity index (χ2n) is 6.29. The van der Waals surface area contributed by atoms with E-state index in [0.717, 1.165) is 12.8 Å². The van der Waals surface area contributed by atoms with Gasteiger partial charge in [0.15, 0.2) is 0 Å². The van der Waals surface area contributed by atoms with Gasteiger partial charge in [-0.3, -0.25) is 0 Å². The summed E-state index contributed by atoms with van der Waals surface area (Å²) in [4.78, 5) is 26.0. The van der Waals surface area contributed by atoms with E-state index in [2.05, 4.69) is 0 Å². The summed E-state index contributed by atoms with van der Waals surface area (Å²) in [7, 11) is -1.40. The Morgan fingerprint density at radius 1 is 1.04 bits per heavy atom. The van der Waals surface area contributed by atoms with Gasteiger partial charge in [-0.1, -0.05) is 12.1 Å². The van der Waals surface area contributed by atoms with Crippen molar-refractivity contribution in [2.24, 2.45) is 0 Å². The summed E-state index contributed by atoms with van der Waals surface area (Å²) >= 11 is 0. The van der Waals surface area contributed by atoms with E-state index in [9.17, 15) is 18.0 Å². The van der Waals surface area contributed by atoms with E-state index in [1.165, 1.54) is 29.5 Å². The number of carbonyl (C=O) groups excluding carboxylic acids is 2. The Labute approximate surface area is 163 Å². The van der Waals surface area contributed by atoms with Crippen molar-refractivity contribution in [3.8, 4) is 0 Å². The summed E-state index contributed by atoms with van der Waals surface area (Å²) in [5, 5.41) is 0. The number of hydrogen-bond acceptors (Lipinski definition) is 8. The predicted molar refractivity (Wildman–Crippen MR) is 98.8 cm³/mol. The standard InChI is InChI=1S/C18H22N2O7S/c1-25-17(21)13-11-27-12-20(16(13)18(22)26-2)14-7-3-4-8-15(14)28(23,24)19-9-5-6-10-19/h3-4,7-8H,5-6,9-12H2,1-2H3. The first-order chi connectivity index (χ1) is 13.4. The van der Waals surface area contributed by atoms with Crippen LogP contribution in [0.2, 0.25) is 0 Å². The SMILES string of the molecule is COC(=O)C1=C(C(=O)OC)N(c2ccccc2S(=O)(=O)N2CCCC2)COC1. The second kappa shape index (κ2) is 8.29. The summed E-state index contributed by atoms with van der Waals surface area (Å²) in [6, 6.07) is 6.31. The van der Waals surface area contributed by atoms with Gasteiger partial charge in [0.2, 0.25) is 10.0 Å². The van der Waals surface area contributed by atoms with Crippen LogP contribution in [0.5, 0.6) is 0 Å². The van der Waals surface area contributed by atoms with Crippen molar-refractivity contribution >= 4 is 27.6 Å². The van der Waals surface area contributed by atoms with Crippen LogP contribution in [0, 0.1) is 0 Å². The first-order valence-electron chi connectivity index (χ1n) is 8.76. The fraction of sp³-hybridized carbons (Fsp3) is 0.444. The molecular weight excluding hydrogens is 388 g/mol. The van der Waals surface area contributed by atoms with Crippen LogP contribution in [0.3, 0.4) is 0 Å².